The van der Waals surface area contributed by atoms with Crippen LogP contribution in [0.5, 0.6) is 0 Å². The van der Waals surface area contributed by atoms with E-state index in [2.05, 4.69) is 13.0 Å². The number of rotatable bonds is 2. The molecule has 2 rings (SSSR count). The number of hydrogen-bond donors (Lipinski definition) is 0. The molecule has 0 aromatic heterocycles. The van der Waals surface area contributed by atoms with Gasteiger partial charge in [-0.2, -0.15) is 5.26 Å². The number of benzene rings is 1. The Labute approximate surface area is 106 Å². The van der Waals surface area contributed by atoms with Crippen LogP contribution in [0, 0.1) is 34.3 Å². The van der Waals surface area contributed by atoms with E-state index in [0.29, 0.717) is 17.9 Å². The van der Waals surface area contributed by atoms with Gasteiger partial charge >= 0.3 is 0 Å². The number of nitriles is 1. The summed E-state index contributed by atoms with van der Waals surface area (Å²) < 4.78 is 26.9. The maximum Gasteiger partial charge on any atom is 0.162 e. The summed E-state index contributed by atoms with van der Waals surface area (Å²) in [4.78, 5) is 0. The highest BCUT2D eigenvalue weighted by molar-refractivity contribution is 5.23. The third-order valence-corrected chi connectivity index (χ3v) is 3.89. The third-order valence-electron chi connectivity index (χ3n) is 3.89. The van der Waals surface area contributed by atoms with Gasteiger partial charge in [0.05, 0.1) is 11.5 Å². The average molecular weight is 249 g/mol. The van der Waals surface area contributed by atoms with Gasteiger partial charge in [0.25, 0.3) is 0 Å². The second-order valence-corrected chi connectivity index (χ2v) is 5.48. The molecule has 1 fully saturated rings. The van der Waals surface area contributed by atoms with E-state index in [0.717, 1.165) is 31.7 Å². The van der Waals surface area contributed by atoms with Crippen LogP contribution in [-0.4, -0.2) is 0 Å². The molecule has 0 radical (unpaired) electrons. The van der Waals surface area contributed by atoms with Crippen molar-refractivity contribution in [3.8, 4) is 6.07 Å². The minimum Gasteiger partial charge on any atom is -0.204 e. The van der Waals surface area contributed by atoms with Crippen molar-refractivity contribution in [2.75, 3.05) is 0 Å². The van der Waals surface area contributed by atoms with Crippen LogP contribution in [0.1, 0.15) is 38.2 Å². The molecule has 1 aliphatic carbocycles. The molecule has 0 saturated heterocycles. The average Bonchev–Trinajstić information content (AvgIpc) is 2.35. The Hall–Kier alpha value is -1.43. The van der Waals surface area contributed by atoms with Gasteiger partial charge in [-0.15, -0.1) is 0 Å². The summed E-state index contributed by atoms with van der Waals surface area (Å²) in [6.45, 7) is 2.12. The van der Waals surface area contributed by atoms with Crippen molar-refractivity contribution in [1.82, 2.24) is 0 Å². The lowest BCUT2D eigenvalue weighted by molar-refractivity contribution is 0.207. The van der Waals surface area contributed by atoms with Gasteiger partial charge in [-0.25, -0.2) is 8.78 Å². The van der Waals surface area contributed by atoms with E-state index in [1.165, 1.54) is 6.07 Å². The van der Waals surface area contributed by atoms with Crippen molar-refractivity contribution >= 4 is 0 Å². The fourth-order valence-electron chi connectivity index (χ4n) is 3.01. The smallest absolute Gasteiger partial charge is 0.162 e. The summed E-state index contributed by atoms with van der Waals surface area (Å²) in [7, 11) is 0. The fraction of sp³-hybridized carbons (Fsp3) is 0.533. The molecular formula is C15H17F2N. The molecular weight excluding hydrogens is 232 g/mol. The van der Waals surface area contributed by atoms with E-state index in [4.69, 9.17) is 0 Å². The van der Waals surface area contributed by atoms with Gasteiger partial charge in [0, 0.05) is 0 Å². The van der Waals surface area contributed by atoms with Crippen LogP contribution in [-0.2, 0) is 6.42 Å². The lowest BCUT2D eigenvalue weighted by Crippen LogP contribution is -2.29. The van der Waals surface area contributed by atoms with E-state index in [-0.39, 0.29) is 0 Å². The normalized spacial score (nSPS) is 27.8. The SMILES string of the molecule is CC1CCCC(C#N)(Cc2cccc(F)c2F)C1. The fourth-order valence-corrected chi connectivity index (χ4v) is 3.01. The maximum absolute atomic E-state index is 13.7. The third kappa shape index (κ3) is 2.53. The van der Waals surface area contributed by atoms with Crippen LogP contribution in [0.3, 0.4) is 0 Å². The Morgan fingerprint density at radius 2 is 2.22 bits per heavy atom. The molecule has 2 atom stereocenters. The molecule has 0 amide bonds. The molecule has 0 N–H and O–H groups in total. The predicted molar refractivity (Wildman–Crippen MR) is 65.7 cm³/mol. The molecule has 0 spiro atoms. The summed E-state index contributed by atoms with van der Waals surface area (Å²) in [5.74, 6) is -1.15. The van der Waals surface area contributed by atoms with Gasteiger partial charge in [0.1, 0.15) is 0 Å². The van der Waals surface area contributed by atoms with Crippen LogP contribution in [0.4, 0.5) is 8.78 Å². The molecule has 1 nitrogen and oxygen atoms in total. The Morgan fingerprint density at radius 3 is 2.89 bits per heavy atom. The summed E-state index contributed by atoms with van der Waals surface area (Å²) in [6.07, 6.45) is 3.99. The number of halogens is 2. The molecule has 1 aliphatic rings. The molecule has 96 valence electrons. The van der Waals surface area contributed by atoms with Crippen LogP contribution < -0.4 is 0 Å². The molecule has 0 heterocycles. The van der Waals surface area contributed by atoms with Crippen LogP contribution >= 0.6 is 0 Å². The monoisotopic (exact) mass is 249 g/mol. The first-order chi connectivity index (χ1) is 8.56. The molecule has 3 heteroatoms. The van der Waals surface area contributed by atoms with E-state index in [9.17, 15) is 14.0 Å². The van der Waals surface area contributed by atoms with Gasteiger partial charge in [0.2, 0.25) is 0 Å². The van der Waals surface area contributed by atoms with Crippen molar-refractivity contribution in [1.29, 1.82) is 5.26 Å². The van der Waals surface area contributed by atoms with Crippen molar-refractivity contribution in [2.45, 2.75) is 39.0 Å². The van der Waals surface area contributed by atoms with Crippen molar-refractivity contribution in [2.24, 2.45) is 11.3 Å². The van der Waals surface area contributed by atoms with E-state index in [1.807, 2.05) is 0 Å². The van der Waals surface area contributed by atoms with Gasteiger partial charge in [-0.3, -0.25) is 0 Å². The van der Waals surface area contributed by atoms with Gasteiger partial charge in [0.15, 0.2) is 11.6 Å². The topological polar surface area (TPSA) is 23.8 Å². The molecule has 2 unspecified atom stereocenters. The highest BCUT2D eigenvalue weighted by Gasteiger charge is 2.36. The number of hydrogen-bond acceptors (Lipinski definition) is 1. The zero-order valence-electron chi connectivity index (χ0n) is 10.5. The zero-order valence-corrected chi connectivity index (χ0v) is 10.5. The Kier molecular flexibility index (Phi) is 3.65. The van der Waals surface area contributed by atoms with E-state index >= 15 is 0 Å². The van der Waals surface area contributed by atoms with Crippen molar-refractivity contribution in [3.63, 3.8) is 0 Å². The first-order valence-corrected chi connectivity index (χ1v) is 6.40. The van der Waals surface area contributed by atoms with Crippen molar-refractivity contribution < 1.29 is 8.78 Å². The largest absolute Gasteiger partial charge is 0.204 e. The molecule has 1 aromatic rings. The standard InChI is InChI=1S/C15H17F2N/c1-11-4-3-7-15(8-11,10-18)9-12-5-2-6-13(16)14(12)17/h2,5-6,11H,3-4,7-9H2,1H3. The first-order valence-electron chi connectivity index (χ1n) is 6.40. The summed E-state index contributed by atoms with van der Waals surface area (Å²) in [5.41, 5.74) is -0.197. The lowest BCUT2D eigenvalue weighted by Gasteiger charge is -2.34. The van der Waals surface area contributed by atoms with Crippen molar-refractivity contribution in [3.05, 3.63) is 35.4 Å². The quantitative estimate of drug-likeness (QED) is 0.769. The molecule has 0 bridgehead atoms. The maximum atomic E-state index is 13.7. The second-order valence-electron chi connectivity index (χ2n) is 5.48. The zero-order chi connectivity index (χ0) is 13.2. The Bertz CT molecular complexity index is 478. The van der Waals surface area contributed by atoms with Crippen LogP contribution in [0.15, 0.2) is 18.2 Å². The lowest BCUT2D eigenvalue weighted by atomic mass is 9.68. The molecule has 1 saturated carbocycles. The number of nitrogens with zero attached hydrogens (tertiary/aromatic N) is 1. The van der Waals surface area contributed by atoms with Gasteiger partial charge in [-0.1, -0.05) is 31.9 Å². The first kappa shape index (κ1) is 13.0. The summed E-state index contributed by atoms with van der Waals surface area (Å²) >= 11 is 0. The van der Waals surface area contributed by atoms with E-state index in [1.54, 1.807) is 6.07 Å². The van der Waals surface area contributed by atoms with Gasteiger partial charge in [-0.05, 0) is 36.8 Å². The molecule has 0 aliphatic heterocycles. The Balaban J connectivity index is 2.25. The predicted octanol–water partition coefficient (Wildman–Crippen LogP) is 4.23. The minimum absolute atomic E-state index is 0.317. The van der Waals surface area contributed by atoms with Crippen LogP contribution in [0.25, 0.3) is 0 Å². The van der Waals surface area contributed by atoms with E-state index < -0.39 is 17.0 Å². The summed E-state index contributed by atoms with van der Waals surface area (Å²) in [5, 5.41) is 9.41. The second kappa shape index (κ2) is 5.06. The highest BCUT2D eigenvalue weighted by Crippen LogP contribution is 2.41. The highest BCUT2D eigenvalue weighted by atomic mass is 19.2. The van der Waals surface area contributed by atoms with Crippen LogP contribution in [0.2, 0.25) is 0 Å². The molecule has 1 aromatic carbocycles. The van der Waals surface area contributed by atoms with Gasteiger partial charge < -0.3 is 0 Å². The molecule has 18 heavy (non-hydrogen) atoms. The summed E-state index contributed by atoms with van der Waals surface area (Å²) in [6, 6.07) is 6.55. The minimum atomic E-state index is -0.829. The Morgan fingerprint density at radius 1 is 1.44 bits per heavy atom.